The van der Waals surface area contributed by atoms with E-state index >= 15 is 0 Å². The second-order valence-electron chi connectivity index (χ2n) is 5.91. The number of aryl methyl sites for hydroxylation is 1. The number of hydrogen-bond donors (Lipinski definition) is 1. The Bertz CT molecular complexity index is 366. The van der Waals surface area contributed by atoms with Crippen LogP contribution in [-0.4, -0.2) is 27.6 Å². The lowest BCUT2D eigenvalue weighted by Gasteiger charge is -2.41. The van der Waals surface area contributed by atoms with Crippen molar-refractivity contribution in [3.8, 4) is 0 Å². The molecule has 1 N–H and O–H groups in total. The third-order valence-electron chi connectivity index (χ3n) is 4.35. The fourth-order valence-corrected chi connectivity index (χ4v) is 3.22. The lowest BCUT2D eigenvalue weighted by Crippen LogP contribution is -2.46. The lowest BCUT2D eigenvalue weighted by atomic mass is 9.69. The van der Waals surface area contributed by atoms with Crippen molar-refractivity contribution in [1.82, 2.24) is 20.3 Å². The molecule has 1 atom stereocenters. The Morgan fingerprint density at radius 2 is 2.11 bits per heavy atom. The van der Waals surface area contributed by atoms with Crippen molar-refractivity contribution in [2.24, 2.45) is 12.5 Å². The van der Waals surface area contributed by atoms with E-state index in [1.54, 1.807) is 4.68 Å². The molecule has 1 aliphatic rings. The summed E-state index contributed by atoms with van der Waals surface area (Å²) in [5.41, 5.74) is 1.53. The molecule has 0 aliphatic heterocycles. The van der Waals surface area contributed by atoms with Gasteiger partial charge in [0.2, 0.25) is 0 Å². The molecule has 0 saturated heterocycles. The number of likely N-dealkylation sites (N-methyl/N-ethyl adjacent to an activating group) is 1. The first-order valence-electron chi connectivity index (χ1n) is 7.22. The smallest absolute Gasteiger partial charge is 0.0842 e. The first kappa shape index (κ1) is 13.5. The minimum Gasteiger partial charge on any atom is -0.313 e. The maximum atomic E-state index is 4.24. The van der Waals surface area contributed by atoms with E-state index in [2.05, 4.69) is 29.5 Å². The van der Waals surface area contributed by atoms with Gasteiger partial charge in [-0.25, -0.2) is 0 Å². The van der Waals surface area contributed by atoms with Crippen molar-refractivity contribution in [3.63, 3.8) is 0 Å². The second-order valence-corrected chi connectivity index (χ2v) is 5.91. The minimum atomic E-state index is 0.422. The van der Waals surface area contributed by atoms with Gasteiger partial charge in [0.05, 0.1) is 5.69 Å². The Kier molecular flexibility index (Phi) is 4.38. The molecule has 1 saturated carbocycles. The van der Waals surface area contributed by atoms with E-state index < -0.39 is 0 Å². The number of hydrogen-bond acceptors (Lipinski definition) is 3. The molecule has 0 spiro atoms. The van der Waals surface area contributed by atoms with Crippen LogP contribution in [0.15, 0.2) is 6.20 Å². The molecule has 102 valence electrons. The fraction of sp³-hybridized carbons (Fsp3) is 0.857. The van der Waals surface area contributed by atoms with Crippen LogP contribution < -0.4 is 5.32 Å². The maximum Gasteiger partial charge on any atom is 0.0842 e. The summed E-state index contributed by atoms with van der Waals surface area (Å²) in [6.07, 6.45) is 9.86. The van der Waals surface area contributed by atoms with Crippen LogP contribution in [0.4, 0.5) is 0 Å². The molecule has 1 fully saturated rings. The summed E-state index contributed by atoms with van der Waals surface area (Å²) in [6, 6.07) is 0.527. The second kappa shape index (κ2) is 5.83. The van der Waals surface area contributed by atoms with Crippen LogP contribution in [-0.2, 0) is 13.5 Å². The Morgan fingerprint density at radius 1 is 1.39 bits per heavy atom. The Morgan fingerprint density at radius 3 is 2.67 bits per heavy atom. The van der Waals surface area contributed by atoms with Crippen LogP contribution in [0.25, 0.3) is 0 Å². The largest absolute Gasteiger partial charge is 0.313 e. The molecule has 2 rings (SSSR count). The third kappa shape index (κ3) is 3.10. The van der Waals surface area contributed by atoms with Crippen molar-refractivity contribution >= 4 is 0 Å². The van der Waals surface area contributed by atoms with Gasteiger partial charge in [-0.3, -0.25) is 4.68 Å². The van der Waals surface area contributed by atoms with Crippen LogP contribution in [0.1, 0.15) is 51.6 Å². The summed E-state index contributed by atoms with van der Waals surface area (Å²) in [4.78, 5) is 0. The Hall–Kier alpha value is -0.900. The van der Waals surface area contributed by atoms with E-state index in [9.17, 15) is 0 Å². The van der Waals surface area contributed by atoms with Gasteiger partial charge in [-0.15, -0.1) is 5.10 Å². The molecule has 0 bridgehead atoms. The molecule has 4 heteroatoms. The average Bonchev–Trinajstić information content (AvgIpc) is 2.75. The van der Waals surface area contributed by atoms with E-state index in [4.69, 9.17) is 0 Å². The van der Waals surface area contributed by atoms with Gasteiger partial charge in [-0.2, -0.15) is 0 Å². The fourth-order valence-electron chi connectivity index (χ4n) is 3.22. The summed E-state index contributed by atoms with van der Waals surface area (Å²) < 4.78 is 1.79. The molecule has 0 radical (unpaired) electrons. The van der Waals surface area contributed by atoms with Crippen molar-refractivity contribution in [2.45, 2.75) is 58.4 Å². The van der Waals surface area contributed by atoms with Gasteiger partial charge in [0.25, 0.3) is 0 Å². The van der Waals surface area contributed by atoms with Crippen LogP contribution >= 0.6 is 0 Å². The zero-order chi connectivity index (χ0) is 13.0. The van der Waals surface area contributed by atoms with Gasteiger partial charge < -0.3 is 5.32 Å². The maximum absolute atomic E-state index is 4.24. The van der Waals surface area contributed by atoms with Gasteiger partial charge in [-0.05, 0) is 24.8 Å². The normalized spacial score (nSPS) is 20.8. The SMILES string of the molecule is CCNC(Cc1cn(C)nn1)C1(C)CCCCC1. The van der Waals surface area contributed by atoms with Gasteiger partial charge in [0, 0.05) is 25.7 Å². The number of nitrogens with one attached hydrogen (secondary N) is 1. The van der Waals surface area contributed by atoms with E-state index in [0.29, 0.717) is 11.5 Å². The van der Waals surface area contributed by atoms with Gasteiger partial charge >= 0.3 is 0 Å². The van der Waals surface area contributed by atoms with E-state index in [-0.39, 0.29) is 0 Å². The summed E-state index contributed by atoms with van der Waals surface area (Å²) in [6.45, 7) is 5.66. The molecule has 1 aromatic rings. The molecule has 1 heterocycles. The molecule has 0 amide bonds. The molecule has 0 aromatic carbocycles. The monoisotopic (exact) mass is 250 g/mol. The number of aromatic nitrogens is 3. The molecule has 18 heavy (non-hydrogen) atoms. The quantitative estimate of drug-likeness (QED) is 0.872. The molecule has 1 aliphatic carbocycles. The highest BCUT2D eigenvalue weighted by molar-refractivity contribution is 5.01. The molecular weight excluding hydrogens is 224 g/mol. The highest BCUT2D eigenvalue weighted by Crippen LogP contribution is 2.39. The highest BCUT2D eigenvalue weighted by atomic mass is 15.4. The van der Waals surface area contributed by atoms with Gasteiger partial charge in [0.15, 0.2) is 0 Å². The van der Waals surface area contributed by atoms with Gasteiger partial charge in [0.1, 0.15) is 0 Å². The molecular formula is C14H26N4. The predicted octanol–water partition coefficient (Wildman–Crippen LogP) is 2.31. The lowest BCUT2D eigenvalue weighted by molar-refractivity contribution is 0.144. The summed E-state index contributed by atoms with van der Waals surface area (Å²) in [5, 5.41) is 11.9. The third-order valence-corrected chi connectivity index (χ3v) is 4.35. The van der Waals surface area contributed by atoms with Crippen LogP contribution in [0.3, 0.4) is 0 Å². The van der Waals surface area contributed by atoms with Crippen LogP contribution in [0.5, 0.6) is 0 Å². The zero-order valence-electron chi connectivity index (χ0n) is 11.9. The predicted molar refractivity (Wildman–Crippen MR) is 73.4 cm³/mol. The van der Waals surface area contributed by atoms with Crippen molar-refractivity contribution < 1.29 is 0 Å². The Balaban J connectivity index is 2.06. The van der Waals surface area contributed by atoms with Crippen molar-refractivity contribution in [1.29, 1.82) is 0 Å². The summed E-state index contributed by atoms with van der Waals surface area (Å²) in [5.74, 6) is 0. The molecule has 1 unspecified atom stereocenters. The van der Waals surface area contributed by atoms with Crippen LogP contribution in [0.2, 0.25) is 0 Å². The average molecular weight is 250 g/mol. The number of rotatable bonds is 5. The molecule has 1 aromatic heterocycles. The first-order chi connectivity index (χ1) is 8.64. The number of nitrogens with zero attached hydrogens (tertiary/aromatic N) is 3. The zero-order valence-corrected chi connectivity index (χ0v) is 11.9. The van der Waals surface area contributed by atoms with E-state index in [1.807, 2.05) is 13.2 Å². The topological polar surface area (TPSA) is 42.7 Å². The summed E-state index contributed by atoms with van der Waals surface area (Å²) >= 11 is 0. The van der Waals surface area contributed by atoms with E-state index in [0.717, 1.165) is 18.7 Å². The van der Waals surface area contributed by atoms with Crippen molar-refractivity contribution in [3.05, 3.63) is 11.9 Å². The van der Waals surface area contributed by atoms with Crippen molar-refractivity contribution in [2.75, 3.05) is 6.54 Å². The standard InChI is InChI=1S/C14H26N4/c1-4-15-13(10-12-11-18(3)17-16-12)14(2)8-6-5-7-9-14/h11,13,15H,4-10H2,1-3H3. The summed E-state index contributed by atoms with van der Waals surface area (Å²) in [7, 11) is 1.93. The Labute approximate surface area is 110 Å². The van der Waals surface area contributed by atoms with Crippen LogP contribution in [0, 0.1) is 5.41 Å². The first-order valence-corrected chi connectivity index (χ1v) is 7.22. The minimum absolute atomic E-state index is 0.422. The van der Waals surface area contributed by atoms with Gasteiger partial charge in [-0.1, -0.05) is 38.3 Å². The molecule has 4 nitrogen and oxygen atoms in total. The highest BCUT2D eigenvalue weighted by Gasteiger charge is 2.35. The van der Waals surface area contributed by atoms with E-state index in [1.165, 1.54) is 32.1 Å².